The van der Waals surface area contributed by atoms with E-state index in [1.54, 1.807) is 0 Å². The number of carbonyl (C=O) groups is 2. The Bertz CT molecular complexity index is 832. The van der Waals surface area contributed by atoms with Crippen molar-refractivity contribution >= 4 is 22.6 Å². The molecule has 1 aromatic heterocycles. The minimum atomic E-state index is -0.502. The number of aromatic nitrogens is 1. The molecule has 2 heterocycles. The number of para-hydroxylation sites is 1. The average molecular weight is 398 g/mol. The van der Waals surface area contributed by atoms with E-state index in [0.717, 1.165) is 42.9 Å². The minimum Gasteiger partial charge on any atom is -0.349 e. The van der Waals surface area contributed by atoms with Crippen LogP contribution in [-0.2, 0) is 4.79 Å². The summed E-state index contributed by atoms with van der Waals surface area (Å²) >= 11 is 0. The summed E-state index contributed by atoms with van der Waals surface area (Å²) < 4.78 is 2.05. The van der Waals surface area contributed by atoms with Crippen molar-refractivity contribution < 1.29 is 9.59 Å². The Hall–Kier alpha value is -2.14. The fraction of sp³-hybridized carbons (Fsp3) is 0.583. The van der Waals surface area contributed by atoms with Gasteiger partial charge in [-0.05, 0) is 64.7 Å². The lowest BCUT2D eigenvalue weighted by atomic mass is 9.92. The van der Waals surface area contributed by atoms with Crippen LogP contribution in [0.15, 0.2) is 30.5 Å². The van der Waals surface area contributed by atoms with Crippen LogP contribution in [0, 0.1) is 5.92 Å². The maximum atomic E-state index is 12.8. The van der Waals surface area contributed by atoms with Crippen LogP contribution in [-0.4, -0.2) is 47.3 Å². The van der Waals surface area contributed by atoms with E-state index in [9.17, 15) is 9.59 Å². The summed E-state index contributed by atoms with van der Waals surface area (Å²) in [5.41, 5.74) is 1.48. The number of rotatable bonds is 9. The number of carbonyl (C=O) groups excluding carboxylic acids is 2. The molecule has 1 fully saturated rings. The highest BCUT2D eigenvalue weighted by molar-refractivity contribution is 6.45. The summed E-state index contributed by atoms with van der Waals surface area (Å²) in [7, 11) is 0. The molecule has 0 radical (unpaired) electrons. The van der Waals surface area contributed by atoms with Crippen molar-refractivity contribution in [2.24, 2.45) is 5.92 Å². The largest absolute Gasteiger partial charge is 0.349 e. The zero-order valence-corrected chi connectivity index (χ0v) is 18.1. The Morgan fingerprint density at radius 2 is 1.90 bits per heavy atom. The Morgan fingerprint density at radius 3 is 2.59 bits per heavy atom. The van der Waals surface area contributed by atoms with Crippen LogP contribution in [0.2, 0.25) is 0 Å². The van der Waals surface area contributed by atoms with Crippen molar-refractivity contribution in [3.63, 3.8) is 0 Å². The van der Waals surface area contributed by atoms with Crippen LogP contribution >= 0.6 is 0 Å². The van der Waals surface area contributed by atoms with Crippen molar-refractivity contribution in [1.29, 1.82) is 0 Å². The number of hydrogen-bond acceptors (Lipinski definition) is 3. The first-order valence-corrected chi connectivity index (χ1v) is 11.2. The lowest BCUT2D eigenvalue weighted by Crippen LogP contribution is -2.37. The zero-order chi connectivity index (χ0) is 20.8. The number of nitrogens with one attached hydrogen (secondary N) is 1. The van der Waals surface area contributed by atoms with Crippen LogP contribution in [0.5, 0.6) is 0 Å². The molecule has 1 amide bonds. The maximum absolute atomic E-state index is 12.8. The Labute approximate surface area is 174 Å². The first-order chi connectivity index (χ1) is 14.0. The molecule has 2 aromatic rings. The van der Waals surface area contributed by atoms with E-state index < -0.39 is 11.7 Å². The molecular weight excluding hydrogens is 362 g/mol. The second kappa shape index (κ2) is 10.1. The second-order valence-corrected chi connectivity index (χ2v) is 8.57. The first-order valence-electron chi connectivity index (χ1n) is 11.2. The summed E-state index contributed by atoms with van der Waals surface area (Å²) in [6.45, 7) is 10.3. The number of ketones is 1. The fourth-order valence-electron chi connectivity index (χ4n) is 4.43. The summed E-state index contributed by atoms with van der Waals surface area (Å²) in [5.74, 6) is -0.0548. The molecule has 29 heavy (non-hydrogen) atoms. The highest BCUT2D eigenvalue weighted by Crippen LogP contribution is 2.25. The molecule has 158 valence electrons. The van der Waals surface area contributed by atoms with E-state index in [1.165, 1.54) is 25.7 Å². The molecule has 0 bridgehead atoms. The predicted octanol–water partition coefficient (Wildman–Crippen LogP) is 4.42. The van der Waals surface area contributed by atoms with Crippen LogP contribution in [0.3, 0.4) is 0 Å². The molecule has 0 aliphatic carbocycles. The number of amides is 1. The van der Waals surface area contributed by atoms with Gasteiger partial charge in [-0.2, -0.15) is 0 Å². The average Bonchev–Trinajstić information content (AvgIpc) is 3.12. The molecule has 1 aliphatic heterocycles. The van der Waals surface area contributed by atoms with E-state index >= 15 is 0 Å². The standard InChI is InChI=1S/C24H35N3O2/c1-4-8-19-11-15-26(16-12-19)14-7-13-25-24(29)23(28)21-17-27(18(2)3)22-10-6-5-9-20(21)22/h5-6,9-10,17-19H,4,7-8,11-16H2,1-3H3,(H,25,29). The second-order valence-electron chi connectivity index (χ2n) is 8.57. The fourth-order valence-corrected chi connectivity index (χ4v) is 4.43. The van der Waals surface area contributed by atoms with Crippen molar-refractivity contribution in [3.05, 3.63) is 36.0 Å². The minimum absolute atomic E-state index is 0.228. The third-order valence-corrected chi connectivity index (χ3v) is 6.09. The van der Waals surface area contributed by atoms with E-state index in [2.05, 4.69) is 35.6 Å². The molecule has 1 saturated heterocycles. The van der Waals surface area contributed by atoms with Gasteiger partial charge in [-0.25, -0.2) is 0 Å². The summed E-state index contributed by atoms with van der Waals surface area (Å²) in [6, 6.07) is 8.00. The topological polar surface area (TPSA) is 54.3 Å². The molecular formula is C24H35N3O2. The molecule has 0 atom stereocenters. The molecule has 0 unspecified atom stereocenters. The molecule has 5 heteroatoms. The summed E-state index contributed by atoms with van der Waals surface area (Å²) in [4.78, 5) is 27.7. The third-order valence-electron chi connectivity index (χ3n) is 6.09. The molecule has 1 N–H and O–H groups in total. The van der Waals surface area contributed by atoms with E-state index in [-0.39, 0.29) is 6.04 Å². The van der Waals surface area contributed by atoms with Crippen LogP contribution in [0.4, 0.5) is 0 Å². The van der Waals surface area contributed by atoms with Gasteiger partial charge in [0.1, 0.15) is 0 Å². The van der Waals surface area contributed by atoms with Gasteiger partial charge < -0.3 is 14.8 Å². The van der Waals surface area contributed by atoms with Crippen molar-refractivity contribution in [2.45, 2.75) is 58.9 Å². The normalized spacial score (nSPS) is 15.9. The van der Waals surface area contributed by atoms with Crippen LogP contribution in [0.25, 0.3) is 10.9 Å². The quantitative estimate of drug-likeness (QED) is 0.387. The van der Waals surface area contributed by atoms with E-state index in [1.807, 2.05) is 30.5 Å². The van der Waals surface area contributed by atoms with Crippen LogP contribution < -0.4 is 5.32 Å². The van der Waals surface area contributed by atoms with Crippen molar-refractivity contribution in [3.8, 4) is 0 Å². The van der Waals surface area contributed by atoms with Crippen molar-refractivity contribution in [2.75, 3.05) is 26.2 Å². The lowest BCUT2D eigenvalue weighted by Gasteiger charge is -2.31. The van der Waals surface area contributed by atoms with Gasteiger partial charge in [0, 0.05) is 29.7 Å². The van der Waals surface area contributed by atoms with E-state index in [0.29, 0.717) is 12.1 Å². The summed E-state index contributed by atoms with van der Waals surface area (Å²) in [5, 5.41) is 3.67. The molecule has 0 saturated carbocycles. The zero-order valence-electron chi connectivity index (χ0n) is 18.1. The highest BCUT2D eigenvalue weighted by atomic mass is 16.2. The van der Waals surface area contributed by atoms with Gasteiger partial charge in [0.2, 0.25) is 0 Å². The molecule has 1 aromatic carbocycles. The van der Waals surface area contributed by atoms with Gasteiger partial charge in [0.25, 0.3) is 11.7 Å². The Balaban J connectivity index is 1.49. The molecule has 5 nitrogen and oxygen atoms in total. The summed E-state index contributed by atoms with van der Waals surface area (Å²) in [6.07, 6.45) is 7.90. The van der Waals surface area contributed by atoms with Gasteiger partial charge in [-0.1, -0.05) is 38.0 Å². The number of benzene rings is 1. The highest BCUT2D eigenvalue weighted by Gasteiger charge is 2.22. The van der Waals surface area contributed by atoms with Gasteiger partial charge in [-0.15, -0.1) is 0 Å². The van der Waals surface area contributed by atoms with Gasteiger partial charge in [0.05, 0.1) is 5.56 Å². The molecule has 3 rings (SSSR count). The van der Waals surface area contributed by atoms with Gasteiger partial charge in [0.15, 0.2) is 0 Å². The monoisotopic (exact) mass is 397 g/mol. The number of Topliss-reactive ketones (excluding diaryl/α,β-unsaturated/α-hetero) is 1. The van der Waals surface area contributed by atoms with Crippen molar-refractivity contribution in [1.82, 2.24) is 14.8 Å². The number of likely N-dealkylation sites (tertiary alicyclic amines) is 1. The number of nitrogens with zero attached hydrogens (tertiary/aromatic N) is 2. The lowest BCUT2D eigenvalue weighted by molar-refractivity contribution is -0.117. The number of piperidine rings is 1. The molecule has 0 spiro atoms. The smallest absolute Gasteiger partial charge is 0.292 e. The van der Waals surface area contributed by atoms with Gasteiger partial charge >= 0.3 is 0 Å². The van der Waals surface area contributed by atoms with Crippen LogP contribution in [0.1, 0.15) is 69.3 Å². The first kappa shape index (κ1) is 21.6. The van der Waals surface area contributed by atoms with E-state index in [4.69, 9.17) is 0 Å². The maximum Gasteiger partial charge on any atom is 0.292 e. The van der Waals surface area contributed by atoms with Gasteiger partial charge in [-0.3, -0.25) is 9.59 Å². The SMILES string of the molecule is CCCC1CCN(CCCNC(=O)C(=O)c2cn(C(C)C)c3ccccc23)CC1. The number of hydrogen-bond donors (Lipinski definition) is 1. The number of fused-ring (bicyclic) bond motifs is 1. The third kappa shape index (κ3) is 5.27. The Kier molecular flexibility index (Phi) is 7.48. The Morgan fingerprint density at radius 1 is 1.17 bits per heavy atom. The molecule has 1 aliphatic rings. The predicted molar refractivity (Wildman–Crippen MR) is 118 cm³/mol.